The van der Waals surface area contributed by atoms with Crippen LogP contribution in [0, 0.1) is 17.3 Å². The van der Waals surface area contributed by atoms with E-state index in [1.807, 2.05) is 0 Å². The summed E-state index contributed by atoms with van der Waals surface area (Å²) < 4.78 is 4.63. The van der Waals surface area contributed by atoms with E-state index in [2.05, 4.69) is 4.74 Å². The van der Waals surface area contributed by atoms with E-state index in [4.69, 9.17) is 0 Å². The van der Waals surface area contributed by atoms with Crippen LogP contribution in [0.1, 0.15) is 25.7 Å². The zero-order valence-corrected chi connectivity index (χ0v) is 8.16. The van der Waals surface area contributed by atoms with Gasteiger partial charge in [-0.3, -0.25) is 9.59 Å². The van der Waals surface area contributed by atoms with Gasteiger partial charge in [0.1, 0.15) is 0 Å². The monoisotopic (exact) mass is 198 g/mol. The summed E-state index contributed by atoms with van der Waals surface area (Å²) in [6.07, 6.45) is 3.27. The number of rotatable bonds is 2. The highest BCUT2D eigenvalue weighted by molar-refractivity contribution is 6.00. The Labute approximate surface area is 82.2 Å². The van der Waals surface area contributed by atoms with Crippen molar-refractivity contribution in [3.63, 3.8) is 0 Å². The molecule has 1 N–H and O–H groups in total. The number of carboxylic acid groups (broad SMARTS) is 1. The summed E-state index contributed by atoms with van der Waals surface area (Å²) in [6, 6.07) is 0. The van der Waals surface area contributed by atoms with Crippen molar-refractivity contribution in [3.8, 4) is 0 Å². The number of fused-ring (bicyclic) bond motifs is 2. The van der Waals surface area contributed by atoms with Crippen molar-refractivity contribution in [2.45, 2.75) is 25.7 Å². The normalized spacial score (nSPS) is 39.8. The van der Waals surface area contributed by atoms with Crippen LogP contribution in [0.3, 0.4) is 0 Å². The lowest BCUT2D eigenvalue weighted by Gasteiger charge is -2.30. The SMILES string of the molecule is COC(=O)[C@@]1(C(=O)O)C[C@@H]2CC[C@H]1C2. The van der Waals surface area contributed by atoms with Gasteiger partial charge in [0.25, 0.3) is 0 Å². The minimum absolute atomic E-state index is 0.00236. The van der Waals surface area contributed by atoms with Crippen LogP contribution in [0.25, 0.3) is 0 Å². The topological polar surface area (TPSA) is 63.6 Å². The molecule has 2 aliphatic carbocycles. The van der Waals surface area contributed by atoms with Crippen LogP contribution in [-0.4, -0.2) is 24.2 Å². The molecule has 0 spiro atoms. The van der Waals surface area contributed by atoms with Crippen LogP contribution in [0.4, 0.5) is 0 Å². The number of esters is 1. The van der Waals surface area contributed by atoms with E-state index >= 15 is 0 Å². The highest BCUT2D eigenvalue weighted by atomic mass is 16.5. The number of carbonyl (C=O) groups is 2. The third kappa shape index (κ3) is 0.996. The van der Waals surface area contributed by atoms with Crippen molar-refractivity contribution in [1.82, 2.24) is 0 Å². The van der Waals surface area contributed by atoms with Crippen LogP contribution in [0.2, 0.25) is 0 Å². The first-order chi connectivity index (χ1) is 6.61. The maximum atomic E-state index is 11.6. The molecule has 0 unspecified atom stereocenters. The lowest BCUT2D eigenvalue weighted by molar-refractivity contribution is -0.171. The largest absolute Gasteiger partial charge is 0.480 e. The molecule has 4 nitrogen and oxygen atoms in total. The van der Waals surface area contributed by atoms with E-state index in [0.717, 1.165) is 19.3 Å². The number of carbonyl (C=O) groups excluding carboxylic acids is 1. The van der Waals surface area contributed by atoms with Gasteiger partial charge in [0.2, 0.25) is 0 Å². The predicted molar refractivity (Wildman–Crippen MR) is 47.5 cm³/mol. The average molecular weight is 198 g/mol. The Balaban J connectivity index is 2.33. The molecular weight excluding hydrogens is 184 g/mol. The standard InChI is InChI=1S/C10H14O4/c1-14-9(13)10(8(11)12)5-6-2-3-7(10)4-6/h6-7H,2-5H2,1H3,(H,11,12)/t6-,7+,10+/m1/s1. The van der Waals surface area contributed by atoms with Gasteiger partial charge in [-0.25, -0.2) is 0 Å². The zero-order valence-electron chi connectivity index (χ0n) is 8.16. The molecule has 2 rings (SSSR count). The fourth-order valence-electron chi connectivity index (χ4n) is 3.11. The second-order valence-electron chi connectivity index (χ2n) is 4.35. The van der Waals surface area contributed by atoms with Crippen LogP contribution in [-0.2, 0) is 14.3 Å². The van der Waals surface area contributed by atoms with Gasteiger partial charge < -0.3 is 9.84 Å². The first kappa shape index (κ1) is 9.49. The molecule has 0 aliphatic heterocycles. The lowest BCUT2D eigenvalue weighted by Crippen LogP contribution is -2.44. The van der Waals surface area contributed by atoms with E-state index in [1.165, 1.54) is 7.11 Å². The maximum absolute atomic E-state index is 11.6. The van der Waals surface area contributed by atoms with Crippen molar-refractivity contribution in [2.24, 2.45) is 17.3 Å². The third-order valence-electron chi connectivity index (χ3n) is 3.78. The molecule has 2 aliphatic rings. The summed E-state index contributed by atoms with van der Waals surface area (Å²) in [5.74, 6) is -1.15. The molecule has 0 saturated heterocycles. The smallest absolute Gasteiger partial charge is 0.323 e. The summed E-state index contributed by atoms with van der Waals surface area (Å²) in [5, 5.41) is 9.19. The van der Waals surface area contributed by atoms with E-state index in [9.17, 15) is 14.7 Å². The molecule has 0 heterocycles. The molecule has 0 amide bonds. The Morgan fingerprint density at radius 2 is 2.14 bits per heavy atom. The van der Waals surface area contributed by atoms with Crippen LogP contribution in [0.15, 0.2) is 0 Å². The number of carboxylic acids is 1. The van der Waals surface area contributed by atoms with Crippen molar-refractivity contribution >= 4 is 11.9 Å². The number of aliphatic carboxylic acids is 1. The van der Waals surface area contributed by atoms with Gasteiger partial charge in [-0.15, -0.1) is 0 Å². The summed E-state index contributed by atoms with van der Waals surface area (Å²) in [7, 11) is 1.26. The van der Waals surface area contributed by atoms with E-state index in [-0.39, 0.29) is 5.92 Å². The van der Waals surface area contributed by atoms with Crippen molar-refractivity contribution < 1.29 is 19.4 Å². The molecular formula is C10H14O4. The summed E-state index contributed by atoms with van der Waals surface area (Å²) in [4.78, 5) is 22.8. The second kappa shape index (κ2) is 2.97. The van der Waals surface area contributed by atoms with Gasteiger partial charge >= 0.3 is 11.9 Å². The molecule has 2 saturated carbocycles. The molecule has 0 radical (unpaired) electrons. The lowest BCUT2D eigenvalue weighted by atomic mass is 9.73. The van der Waals surface area contributed by atoms with Gasteiger partial charge in [-0.2, -0.15) is 0 Å². The minimum atomic E-state index is -1.22. The Morgan fingerprint density at radius 1 is 1.43 bits per heavy atom. The highest BCUT2D eigenvalue weighted by Gasteiger charge is 2.61. The van der Waals surface area contributed by atoms with Crippen molar-refractivity contribution in [1.29, 1.82) is 0 Å². The van der Waals surface area contributed by atoms with Crippen molar-refractivity contribution in [3.05, 3.63) is 0 Å². The highest BCUT2D eigenvalue weighted by Crippen LogP contribution is 2.56. The maximum Gasteiger partial charge on any atom is 0.323 e. The molecule has 78 valence electrons. The number of hydrogen-bond acceptors (Lipinski definition) is 3. The van der Waals surface area contributed by atoms with E-state index in [0.29, 0.717) is 12.3 Å². The predicted octanol–water partition coefficient (Wildman–Crippen LogP) is 1.05. The molecule has 3 atom stereocenters. The number of hydrogen-bond donors (Lipinski definition) is 1. The third-order valence-corrected chi connectivity index (χ3v) is 3.78. The Bertz CT molecular complexity index is 286. The van der Waals surface area contributed by atoms with Gasteiger partial charge in [0.05, 0.1) is 7.11 Å². The molecule has 2 bridgehead atoms. The van der Waals surface area contributed by atoms with E-state index in [1.54, 1.807) is 0 Å². The Morgan fingerprint density at radius 3 is 2.50 bits per heavy atom. The minimum Gasteiger partial charge on any atom is -0.480 e. The van der Waals surface area contributed by atoms with Gasteiger partial charge in [-0.1, -0.05) is 6.42 Å². The number of ether oxygens (including phenoxy) is 1. The van der Waals surface area contributed by atoms with Gasteiger partial charge in [0, 0.05) is 0 Å². The fourth-order valence-corrected chi connectivity index (χ4v) is 3.11. The molecule has 4 heteroatoms. The van der Waals surface area contributed by atoms with Gasteiger partial charge in [0.15, 0.2) is 5.41 Å². The Kier molecular flexibility index (Phi) is 2.01. The van der Waals surface area contributed by atoms with Gasteiger partial charge in [-0.05, 0) is 31.1 Å². The van der Waals surface area contributed by atoms with Crippen LogP contribution in [0.5, 0.6) is 0 Å². The first-order valence-corrected chi connectivity index (χ1v) is 4.93. The van der Waals surface area contributed by atoms with Crippen molar-refractivity contribution in [2.75, 3.05) is 7.11 Å². The number of methoxy groups -OCH3 is 1. The molecule has 14 heavy (non-hydrogen) atoms. The second-order valence-corrected chi connectivity index (χ2v) is 4.35. The summed E-state index contributed by atoms with van der Waals surface area (Å²) in [5.41, 5.74) is -1.22. The quantitative estimate of drug-likeness (QED) is 0.532. The average Bonchev–Trinajstić information content (AvgIpc) is 2.75. The summed E-state index contributed by atoms with van der Waals surface area (Å²) >= 11 is 0. The summed E-state index contributed by atoms with van der Waals surface area (Å²) in [6.45, 7) is 0. The first-order valence-electron chi connectivity index (χ1n) is 4.93. The Hall–Kier alpha value is -1.06. The molecule has 0 aromatic rings. The molecule has 2 fully saturated rings. The van der Waals surface area contributed by atoms with Crippen LogP contribution >= 0.6 is 0 Å². The van der Waals surface area contributed by atoms with Crippen LogP contribution < -0.4 is 0 Å². The molecule has 0 aromatic carbocycles. The van der Waals surface area contributed by atoms with E-state index < -0.39 is 17.4 Å². The zero-order chi connectivity index (χ0) is 10.3. The fraction of sp³-hybridized carbons (Fsp3) is 0.800. The molecule has 0 aromatic heterocycles.